The molecule has 0 atom stereocenters. The lowest BCUT2D eigenvalue weighted by atomic mass is 9.92. The number of furan rings is 1. The van der Waals surface area contributed by atoms with Gasteiger partial charge in [0.25, 0.3) is 0 Å². The molecular weight excluding hydrogens is 785 g/mol. The maximum absolute atomic E-state index is 6.71. The molecule has 0 saturated heterocycles. The number of hydrogen-bond acceptors (Lipinski definition) is 4. The number of nitrogens with zero attached hydrogens (tertiary/aromatic N) is 2. The summed E-state index contributed by atoms with van der Waals surface area (Å²) in [6.07, 6.45) is 0. The van der Waals surface area contributed by atoms with Crippen LogP contribution in [-0.2, 0) is 0 Å². The predicted octanol–water partition coefficient (Wildman–Crippen LogP) is 17.2. The van der Waals surface area contributed by atoms with E-state index in [4.69, 9.17) is 9.40 Å². The van der Waals surface area contributed by atoms with E-state index < -0.39 is 0 Å². The molecule has 296 valence electrons. The highest BCUT2D eigenvalue weighted by Crippen LogP contribution is 2.46. The van der Waals surface area contributed by atoms with Gasteiger partial charge in [-0.05, 0) is 104 Å². The smallest absolute Gasteiger partial charge is 0.145 e. The third-order valence-corrected chi connectivity index (χ3v) is 13.2. The summed E-state index contributed by atoms with van der Waals surface area (Å²) in [7, 11) is 0. The molecule has 0 aliphatic heterocycles. The number of thiazole rings is 1. The molecule has 0 amide bonds. The Labute approximate surface area is 369 Å². The zero-order chi connectivity index (χ0) is 41.7. The zero-order valence-corrected chi connectivity index (χ0v) is 35.0. The minimum atomic E-state index is 0.853. The second kappa shape index (κ2) is 15.4. The van der Waals surface area contributed by atoms with Crippen LogP contribution in [0.3, 0.4) is 0 Å². The van der Waals surface area contributed by atoms with Crippen LogP contribution < -0.4 is 4.90 Å². The molecule has 0 aliphatic rings. The lowest BCUT2D eigenvalue weighted by Crippen LogP contribution is -2.10. The van der Waals surface area contributed by atoms with E-state index in [-0.39, 0.29) is 0 Å². The van der Waals surface area contributed by atoms with Gasteiger partial charge in [-0.3, -0.25) is 0 Å². The third-order valence-electron chi connectivity index (χ3n) is 12.1. The number of aromatic nitrogens is 1. The van der Waals surface area contributed by atoms with Gasteiger partial charge in [-0.25, -0.2) is 4.98 Å². The number of fused-ring (bicyclic) bond motifs is 5. The summed E-state index contributed by atoms with van der Waals surface area (Å²) in [5, 5.41) is 5.64. The number of anilines is 3. The van der Waals surface area contributed by atoms with Gasteiger partial charge in [-0.2, -0.15) is 0 Å². The van der Waals surface area contributed by atoms with Crippen LogP contribution in [0.5, 0.6) is 0 Å². The fourth-order valence-electron chi connectivity index (χ4n) is 9.01. The van der Waals surface area contributed by atoms with Gasteiger partial charge in [-0.1, -0.05) is 176 Å². The maximum atomic E-state index is 6.71. The largest absolute Gasteiger partial charge is 0.455 e. The Morgan fingerprint density at radius 3 is 1.68 bits per heavy atom. The lowest BCUT2D eigenvalue weighted by molar-refractivity contribution is 0.670. The minimum Gasteiger partial charge on any atom is -0.455 e. The van der Waals surface area contributed by atoms with Crippen molar-refractivity contribution >= 4 is 71.3 Å². The first kappa shape index (κ1) is 36.8. The molecule has 12 rings (SSSR count). The van der Waals surface area contributed by atoms with Crippen molar-refractivity contribution in [2.75, 3.05) is 4.90 Å². The van der Waals surface area contributed by atoms with Gasteiger partial charge >= 0.3 is 0 Å². The SMILES string of the molecule is c1ccc(-c2ccc(N(c3ccc(-c4c5nc(-c6ccccc6)sc5cc5c4oc4ccccc45)cc3)c3ccc(-c4ccccc4)c(-c4ccc5ccccc5c4)c3)cc2)cc1. The average molecular weight is 823 g/mol. The van der Waals surface area contributed by atoms with E-state index in [1.54, 1.807) is 11.3 Å². The van der Waals surface area contributed by atoms with Gasteiger partial charge < -0.3 is 9.32 Å². The Balaban J connectivity index is 1.04. The van der Waals surface area contributed by atoms with Crippen molar-refractivity contribution in [2.24, 2.45) is 0 Å². The molecule has 2 heterocycles. The Morgan fingerprint density at radius 2 is 0.952 bits per heavy atom. The second-order valence-corrected chi connectivity index (χ2v) is 16.9. The topological polar surface area (TPSA) is 29.3 Å². The quantitative estimate of drug-likeness (QED) is 0.153. The number of hydrogen-bond donors (Lipinski definition) is 0. The van der Waals surface area contributed by atoms with Crippen LogP contribution in [0, 0.1) is 0 Å². The summed E-state index contributed by atoms with van der Waals surface area (Å²) in [5.41, 5.74) is 16.1. The molecule has 0 aliphatic carbocycles. The fraction of sp³-hybridized carbons (Fsp3) is 0. The molecule has 0 unspecified atom stereocenters. The van der Waals surface area contributed by atoms with Gasteiger partial charge in [0.2, 0.25) is 0 Å². The van der Waals surface area contributed by atoms with Crippen LogP contribution in [0.1, 0.15) is 0 Å². The van der Waals surface area contributed by atoms with Gasteiger partial charge in [0.05, 0.1) is 15.8 Å². The molecule has 0 saturated carbocycles. The molecule has 63 heavy (non-hydrogen) atoms. The van der Waals surface area contributed by atoms with Gasteiger partial charge in [-0.15, -0.1) is 11.3 Å². The van der Waals surface area contributed by atoms with E-state index in [1.807, 2.05) is 12.1 Å². The van der Waals surface area contributed by atoms with Gasteiger partial charge in [0.1, 0.15) is 16.2 Å². The highest BCUT2D eigenvalue weighted by atomic mass is 32.1. The highest BCUT2D eigenvalue weighted by molar-refractivity contribution is 7.21. The Bertz CT molecular complexity index is 3590. The number of rotatable bonds is 8. The van der Waals surface area contributed by atoms with Crippen LogP contribution in [0.2, 0.25) is 0 Å². The van der Waals surface area contributed by atoms with Crippen molar-refractivity contribution in [3.8, 4) is 55.1 Å². The Morgan fingerprint density at radius 1 is 0.381 bits per heavy atom. The lowest BCUT2D eigenvalue weighted by Gasteiger charge is -2.27. The second-order valence-electron chi connectivity index (χ2n) is 15.9. The first-order valence-corrected chi connectivity index (χ1v) is 22.1. The zero-order valence-electron chi connectivity index (χ0n) is 34.2. The van der Waals surface area contributed by atoms with E-state index in [9.17, 15) is 0 Å². The van der Waals surface area contributed by atoms with Gasteiger partial charge in [0, 0.05) is 33.4 Å². The minimum absolute atomic E-state index is 0.853. The summed E-state index contributed by atoms with van der Waals surface area (Å²) in [4.78, 5) is 7.67. The summed E-state index contributed by atoms with van der Waals surface area (Å²) in [5.74, 6) is 0. The monoisotopic (exact) mass is 822 g/mol. The molecule has 2 aromatic heterocycles. The molecule has 0 N–H and O–H groups in total. The van der Waals surface area contributed by atoms with Crippen LogP contribution in [0.15, 0.2) is 235 Å². The third kappa shape index (κ3) is 6.65. The molecule has 0 radical (unpaired) electrons. The summed E-state index contributed by atoms with van der Waals surface area (Å²) in [6.45, 7) is 0. The number of para-hydroxylation sites is 1. The summed E-state index contributed by atoms with van der Waals surface area (Å²) in [6, 6.07) is 82.4. The molecular formula is C59H38N2OS. The van der Waals surface area contributed by atoms with Crippen molar-refractivity contribution in [3.63, 3.8) is 0 Å². The van der Waals surface area contributed by atoms with Crippen LogP contribution >= 0.6 is 11.3 Å². The normalized spacial score (nSPS) is 11.5. The van der Waals surface area contributed by atoms with Crippen molar-refractivity contribution in [2.45, 2.75) is 0 Å². The van der Waals surface area contributed by atoms with E-state index >= 15 is 0 Å². The maximum Gasteiger partial charge on any atom is 0.145 e. The van der Waals surface area contributed by atoms with Crippen LogP contribution in [0.25, 0.3) is 98.0 Å². The van der Waals surface area contributed by atoms with Crippen molar-refractivity contribution in [1.29, 1.82) is 0 Å². The average Bonchev–Trinajstić information content (AvgIpc) is 3.96. The highest BCUT2D eigenvalue weighted by Gasteiger charge is 2.22. The Hall–Kier alpha value is -8.05. The molecule has 0 fully saturated rings. The first-order chi connectivity index (χ1) is 31.2. The van der Waals surface area contributed by atoms with Crippen LogP contribution in [-0.4, -0.2) is 4.98 Å². The standard InChI is InChI=1S/C59H38N2OS/c1-4-14-39(15-5-1)41-26-30-47(31-27-41)61(49-34-35-50(42-17-6-2-7-18-42)52(37-49)46-25-24-40-16-10-11-21-45(40)36-46)48-32-28-43(29-33-48)56-57-55(63-59(60-57)44-19-8-3-9-20-44)38-53-51-22-12-13-23-54(51)62-58(53)56/h1-38H. The van der Waals surface area contributed by atoms with Crippen molar-refractivity contribution in [3.05, 3.63) is 231 Å². The summed E-state index contributed by atoms with van der Waals surface area (Å²) < 4.78 is 7.84. The van der Waals surface area contributed by atoms with Crippen molar-refractivity contribution < 1.29 is 4.42 Å². The van der Waals surface area contributed by atoms with E-state index in [0.717, 1.165) is 70.9 Å². The molecule has 3 nitrogen and oxygen atoms in total. The van der Waals surface area contributed by atoms with Crippen LogP contribution in [0.4, 0.5) is 17.1 Å². The Kier molecular flexibility index (Phi) is 9.02. The fourth-order valence-corrected chi connectivity index (χ4v) is 10.0. The summed E-state index contributed by atoms with van der Waals surface area (Å²) >= 11 is 1.73. The van der Waals surface area contributed by atoms with Gasteiger partial charge in [0.15, 0.2) is 0 Å². The molecule has 4 heteroatoms. The van der Waals surface area contributed by atoms with E-state index in [0.29, 0.717) is 0 Å². The molecule has 10 aromatic carbocycles. The molecule has 0 spiro atoms. The van der Waals surface area contributed by atoms with Crippen molar-refractivity contribution in [1.82, 2.24) is 4.98 Å². The van der Waals surface area contributed by atoms with E-state index in [2.05, 4.69) is 223 Å². The predicted molar refractivity (Wildman–Crippen MR) is 266 cm³/mol. The first-order valence-electron chi connectivity index (χ1n) is 21.3. The molecule has 12 aromatic rings. The van der Waals surface area contributed by atoms with E-state index in [1.165, 1.54) is 44.2 Å². The number of benzene rings is 10. The molecule has 0 bridgehead atoms.